The molecule has 0 amide bonds. The van der Waals surface area contributed by atoms with Crippen LogP contribution in [-0.2, 0) is 10.2 Å². The fourth-order valence-electron chi connectivity index (χ4n) is 5.03. The highest BCUT2D eigenvalue weighted by molar-refractivity contribution is 5.93. The predicted molar refractivity (Wildman–Crippen MR) is 93.9 cm³/mol. The van der Waals surface area contributed by atoms with Gasteiger partial charge in [0.05, 0.1) is 5.54 Å². The van der Waals surface area contributed by atoms with Crippen molar-refractivity contribution >= 4 is 5.78 Å². The van der Waals surface area contributed by atoms with Gasteiger partial charge in [-0.1, -0.05) is 60.7 Å². The second-order valence-electron chi connectivity index (χ2n) is 7.04. The van der Waals surface area contributed by atoms with Crippen LogP contribution in [0, 0.1) is 0 Å². The van der Waals surface area contributed by atoms with Crippen molar-refractivity contribution in [3.8, 4) is 0 Å². The minimum absolute atomic E-state index is 0.0857. The third kappa shape index (κ3) is 2.01. The normalized spacial score (nSPS) is 27.8. The number of nitrogens with one attached hydrogen (secondary N) is 1. The molecule has 0 aromatic heterocycles. The van der Waals surface area contributed by atoms with Crippen LogP contribution in [-0.4, -0.2) is 29.1 Å². The third-order valence-electron chi connectivity index (χ3n) is 6.07. The lowest BCUT2D eigenvalue weighted by molar-refractivity contribution is -0.131. The maximum Gasteiger partial charge on any atom is 0.179 e. The number of hydrogen-bond donors (Lipinski definition) is 2. The van der Waals surface area contributed by atoms with Gasteiger partial charge in [0.1, 0.15) is 6.61 Å². The van der Waals surface area contributed by atoms with Gasteiger partial charge in [-0.25, -0.2) is 0 Å². The predicted octanol–water partition coefficient (Wildman–Crippen LogP) is 2.82. The zero-order chi connectivity index (χ0) is 16.6. The number of carbonyl (C=O) groups is 1. The van der Waals surface area contributed by atoms with E-state index in [0.717, 1.165) is 36.8 Å². The molecule has 0 saturated carbocycles. The van der Waals surface area contributed by atoms with Crippen LogP contribution in [0.15, 0.2) is 60.7 Å². The molecule has 2 fully saturated rings. The fraction of sp³-hybridized carbons (Fsp3) is 0.381. The Morgan fingerprint density at radius 2 is 1.50 bits per heavy atom. The molecule has 2 bridgehead atoms. The number of carbonyl (C=O) groups excluding carboxylic acids is 1. The average molecular weight is 321 g/mol. The minimum Gasteiger partial charge on any atom is -0.389 e. The summed E-state index contributed by atoms with van der Waals surface area (Å²) >= 11 is 0. The Morgan fingerprint density at radius 1 is 0.958 bits per heavy atom. The van der Waals surface area contributed by atoms with Gasteiger partial charge in [0.15, 0.2) is 5.78 Å². The molecule has 0 unspecified atom stereocenters. The van der Waals surface area contributed by atoms with Crippen LogP contribution in [0.1, 0.15) is 36.8 Å². The Hall–Kier alpha value is -1.97. The van der Waals surface area contributed by atoms with Crippen molar-refractivity contribution in [3.63, 3.8) is 0 Å². The summed E-state index contributed by atoms with van der Waals surface area (Å²) in [6, 6.07) is 21.1. The molecule has 124 valence electrons. The van der Waals surface area contributed by atoms with Crippen LogP contribution < -0.4 is 5.32 Å². The molecular weight excluding hydrogens is 298 g/mol. The van der Waals surface area contributed by atoms with Crippen molar-refractivity contribution in [1.29, 1.82) is 0 Å². The lowest BCUT2D eigenvalue weighted by Crippen LogP contribution is -2.67. The molecule has 0 spiro atoms. The number of Topliss-reactive ketones (excluding diaryl/α,β-unsaturated/α-hetero) is 1. The molecular formula is C21H23NO2. The summed E-state index contributed by atoms with van der Waals surface area (Å²) in [5.41, 5.74) is 1.17. The van der Waals surface area contributed by atoms with Crippen LogP contribution in [0.5, 0.6) is 0 Å². The number of fused-ring (bicyclic) bond motifs is 2. The van der Waals surface area contributed by atoms with E-state index in [-0.39, 0.29) is 5.78 Å². The maximum atomic E-state index is 13.0. The van der Waals surface area contributed by atoms with Gasteiger partial charge in [-0.05, 0) is 36.8 Å². The summed E-state index contributed by atoms with van der Waals surface area (Å²) in [5.74, 6) is -0.0857. The maximum absolute atomic E-state index is 13.0. The molecule has 24 heavy (non-hydrogen) atoms. The summed E-state index contributed by atoms with van der Waals surface area (Å²) in [7, 11) is 0. The van der Waals surface area contributed by atoms with Crippen LogP contribution in [0.25, 0.3) is 0 Å². The molecule has 2 aliphatic rings. The SMILES string of the molecule is O=C(CO)[C@@]12CC[C@@H](CCC1(c1ccccc1)c1ccccc1)N2. The highest BCUT2D eigenvalue weighted by Crippen LogP contribution is 2.54. The zero-order valence-corrected chi connectivity index (χ0v) is 13.7. The number of aliphatic hydroxyl groups excluding tert-OH is 1. The number of rotatable bonds is 4. The van der Waals surface area contributed by atoms with E-state index >= 15 is 0 Å². The molecule has 2 saturated heterocycles. The molecule has 2 aromatic carbocycles. The Kier molecular flexibility index (Phi) is 3.78. The monoisotopic (exact) mass is 321 g/mol. The van der Waals surface area contributed by atoms with Gasteiger partial charge in [-0.15, -0.1) is 0 Å². The Bertz CT molecular complexity index is 689. The van der Waals surface area contributed by atoms with Gasteiger partial charge in [0.2, 0.25) is 0 Å². The van der Waals surface area contributed by atoms with E-state index in [4.69, 9.17) is 0 Å². The van der Waals surface area contributed by atoms with E-state index in [1.807, 2.05) is 36.4 Å². The summed E-state index contributed by atoms with van der Waals surface area (Å²) < 4.78 is 0. The lowest BCUT2D eigenvalue weighted by atomic mass is 9.56. The van der Waals surface area contributed by atoms with Crippen molar-refractivity contribution in [2.24, 2.45) is 0 Å². The van der Waals surface area contributed by atoms with E-state index < -0.39 is 17.6 Å². The first-order valence-electron chi connectivity index (χ1n) is 8.76. The number of piperidine rings is 1. The second-order valence-corrected chi connectivity index (χ2v) is 7.04. The Morgan fingerprint density at radius 3 is 2.04 bits per heavy atom. The van der Waals surface area contributed by atoms with E-state index in [1.54, 1.807) is 0 Å². The van der Waals surface area contributed by atoms with Gasteiger partial charge in [0.25, 0.3) is 0 Å². The van der Waals surface area contributed by atoms with Crippen molar-refractivity contribution < 1.29 is 9.90 Å². The number of hydrogen-bond acceptors (Lipinski definition) is 3. The number of benzene rings is 2. The molecule has 0 radical (unpaired) electrons. The minimum atomic E-state index is -0.715. The largest absolute Gasteiger partial charge is 0.389 e. The van der Waals surface area contributed by atoms with Crippen LogP contribution in [0.2, 0.25) is 0 Å². The van der Waals surface area contributed by atoms with E-state index in [9.17, 15) is 9.90 Å². The lowest BCUT2D eigenvalue weighted by Gasteiger charge is -2.52. The van der Waals surface area contributed by atoms with E-state index in [0.29, 0.717) is 6.04 Å². The molecule has 4 rings (SSSR count). The van der Waals surface area contributed by atoms with Crippen molar-refractivity contribution in [2.75, 3.05) is 6.61 Å². The standard InChI is InChI=1S/C21H23NO2/c23-15-19(24)21-14-12-18(22-21)11-13-20(21,16-7-3-1-4-8-16)17-9-5-2-6-10-17/h1-10,18,22-23H,11-15H2/t18-,21+/m1/s1. The molecule has 2 heterocycles. The zero-order valence-electron chi connectivity index (χ0n) is 13.7. The van der Waals surface area contributed by atoms with Crippen LogP contribution >= 0.6 is 0 Å². The van der Waals surface area contributed by atoms with Gasteiger partial charge in [-0.2, -0.15) is 0 Å². The topological polar surface area (TPSA) is 49.3 Å². The van der Waals surface area contributed by atoms with Gasteiger partial charge >= 0.3 is 0 Å². The third-order valence-corrected chi connectivity index (χ3v) is 6.07. The van der Waals surface area contributed by atoms with Crippen LogP contribution in [0.3, 0.4) is 0 Å². The molecule has 3 nitrogen and oxygen atoms in total. The highest BCUT2D eigenvalue weighted by atomic mass is 16.3. The van der Waals surface area contributed by atoms with E-state index in [1.165, 1.54) is 0 Å². The van der Waals surface area contributed by atoms with Gasteiger partial charge in [-0.3, -0.25) is 4.79 Å². The van der Waals surface area contributed by atoms with Crippen LogP contribution in [0.4, 0.5) is 0 Å². The summed E-state index contributed by atoms with van der Waals surface area (Å²) in [5, 5.41) is 13.4. The van der Waals surface area contributed by atoms with E-state index in [2.05, 4.69) is 29.6 Å². The first-order valence-corrected chi connectivity index (χ1v) is 8.76. The van der Waals surface area contributed by atoms with Crippen molar-refractivity contribution in [3.05, 3.63) is 71.8 Å². The molecule has 0 aliphatic carbocycles. The second kappa shape index (κ2) is 5.83. The first-order chi connectivity index (χ1) is 11.7. The molecule has 2 aliphatic heterocycles. The molecule has 2 atom stereocenters. The smallest absolute Gasteiger partial charge is 0.179 e. The average Bonchev–Trinajstić information content (AvgIpc) is 3.03. The summed E-state index contributed by atoms with van der Waals surface area (Å²) in [6.07, 6.45) is 3.74. The number of ketones is 1. The quantitative estimate of drug-likeness (QED) is 0.910. The van der Waals surface area contributed by atoms with Crippen molar-refractivity contribution in [2.45, 2.75) is 42.7 Å². The first kappa shape index (κ1) is 15.6. The summed E-state index contributed by atoms with van der Waals surface area (Å²) in [4.78, 5) is 13.0. The molecule has 2 aromatic rings. The summed E-state index contributed by atoms with van der Waals surface area (Å²) in [6.45, 7) is -0.416. The highest BCUT2D eigenvalue weighted by Gasteiger charge is 2.62. The Labute approximate surface area is 142 Å². The van der Waals surface area contributed by atoms with Crippen molar-refractivity contribution in [1.82, 2.24) is 5.32 Å². The fourth-order valence-corrected chi connectivity index (χ4v) is 5.03. The molecule has 3 heteroatoms. The number of aliphatic hydroxyl groups is 1. The van der Waals surface area contributed by atoms with Gasteiger partial charge in [0, 0.05) is 11.5 Å². The Balaban J connectivity index is 2.00. The molecule has 2 N–H and O–H groups in total. The van der Waals surface area contributed by atoms with Gasteiger partial charge < -0.3 is 10.4 Å².